The second-order valence-corrected chi connectivity index (χ2v) is 10.8. The average Bonchev–Trinajstić information content (AvgIpc) is 2.89. The minimum absolute atomic E-state index is 0.234. The molecule has 4 aromatic carbocycles. The van der Waals surface area contributed by atoms with Crippen molar-refractivity contribution >= 4 is 44.9 Å². The number of hydrogen-bond acceptors (Lipinski definition) is 4. The minimum Gasteiger partial charge on any atom is -0.488 e. The van der Waals surface area contributed by atoms with E-state index in [1.54, 1.807) is 72.8 Å². The molecule has 0 aromatic heterocycles. The quantitative estimate of drug-likeness (QED) is 0.168. The van der Waals surface area contributed by atoms with Gasteiger partial charge in [0.1, 0.15) is 17.3 Å². The van der Waals surface area contributed by atoms with E-state index in [9.17, 15) is 13.2 Å². The predicted octanol–water partition coefficient (Wildman–Crippen LogP) is 7.15. The summed E-state index contributed by atoms with van der Waals surface area (Å²) in [6.45, 7) is 0.272. The Morgan fingerprint density at radius 2 is 1.42 bits per heavy atom. The number of rotatable bonds is 9. The Kier molecular flexibility index (Phi) is 8.26. The molecule has 0 radical (unpaired) electrons. The molecule has 0 saturated heterocycles. The fourth-order valence-corrected chi connectivity index (χ4v) is 5.68. The third-order valence-electron chi connectivity index (χ3n) is 5.52. The Balaban J connectivity index is 1.87. The molecule has 0 saturated carbocycles. The van der Waals surface area contributed by atoms with Crippen LogP contribution in [0.5, 0.6) is 5.75 Å². The zero-order valence-corrected chi connectivity index (χ0v) is 21.4. The lowest BCUT2D eigenvalue weighted by Gasteiger charge is -2.18. The molecule has 0 bridgehead atoms. The van der Waals surface area contributed by atoms with Crippen molar-refractivity contribution in [3.8, 4) is 5.75 Å². The van der Waals surface area contributed by atoms with Crippen LogP contribution in [0.25, 0.3) is 5.57 Å². The molecule has 36 heavy (non-hydrogen) atoms. The molecule has 0 aliphatic heterocycles. The molecular weight excluding hydrogens is 515 g/mol. The largest absolute Gasteiger partial charge is 0.488 e. The highest BCUT2D eigenvalue weighted by molar-refractivity contribution is 7.95. The van der Waals surface area contributed by atoms with Gasteiger partial charge in [0.25, 0.3) is 0 Å². The Labute approximate surface area is 220 Å². The van der Waals surface area contributed by atoms with Crippen molar-refractivity contribution in [3.05, 3.63) is 140 Å². The average molecular weight is 537 g/mol. The highest BCUT2D eigenvalue weighted by atomic mass is 35.5. The molecule has 0 atom stereocenters. The van der Waals surface area contributed by atoms with Gasteiger partial charge >= 0.3 is 0 Å². The number of benzene rings is 4. The van der Waals surface area contributed by atoms with Gasteiger partial charge in [-0.3, -0.25) is 4.79 Å². The molecule has 4 nitrogen and oxygen atoms in total. The zero-order chi connectivity index (χ0) is 25.5. The summed E-state index contributed by atoms with van der Waals surface area (Å²) in [5, 5.41) is 0.796. The van der Waals surface area contributed by atoms with Gasteiger partial charge in [0.15, 0.2) is 16.1 Å². The van der Waals surface area contributed by atoms with E-state index in [0.29, 0.717) is 38.8 Å². The summed E-state index contributed by atoms with van der Waals surface area (Å²) in [5.41, 5.74) is 2.58. The molecule has 182 valence electrons. The van der Waals surface area contributed by atoms with Crippen LogP contribution in [-0.4, -0.2) is 14.7 Å². The highest BCUT2D eigenvalue weighted by Crippen LogP contribution is 2.36. The van der Waals surface area contributed by atoms with E-state index < -0.39 is 15.6 Å². The van der Waals surface area contributed by atoms with Crippen LogP contribution in [0.4, 0.5) is 0 Å². The van der Waals surface area contributed by atoms with E-state index in [1.165, 1.54) is 0 Å². The molecule has 0 fully saturated rings. The third kappa shape index (κ3) is 6.05. The van der Waals surface area contributed by atoms with Crippen LogP contribution in [0.15, 0.2) is 108 Å². The summed E-state index contributed by atoms with van der Waals surface area (Å²) >= 11 is 12.3. The van der Waals surface area contributed by atoms with E-state index in [1.807, 2.05) is 30.3 Å². The van der Waals surface area contributed by atoms with E-state index in [0.717, 1.165) is 5.56 Å². The number of para-hydroxylation sites is 1. The fourth-order valence-electron chi connectivity index (χ4n) is 3.77. The van der Waals surface area contributed by atoms with Gasteiger partial charge in [-0.2, -0.15) is 0 Å². The second-order valence-electron chi connectivity index (χ2n) is 7.98. The predicted molar refractivity (Wildman–Crippen MR) is 145 cm³/mol. The van der Waals surface area contributed by atoms with Gasteiger partial charge in [0.05, 0.1) is 5.75 Å². The van der Waals surface area contributed by atoms with Crippen molar-refractivity contribution in [1.82, 2.24) is 0 Å². The molecule has 0 aliphatic carbocycles. The van der Waals surface area contributed by atoms with Crippen molar-refractivity contribution in [2.75, 3.05) is 0 Å². The lowest BCUT2D eigenvalue weighted by atomic mass is 9.96. The Hall–Kier alpha value is -3.38. The Bertz CT molecular complexity index is 1500. The maximum absolute atomic E-state index is 13.6. The molecule has 4 aromatic rings. The van der Waals surface area contributed by atoms with Crippen LogP contribution in [0.2, 0.25) is 10.0 Å². The fraction of sp³-hybridized carbons (Fsp3) is 0.0690. The minimum atomic E-state index is -4.10. The van der Waals surface area contributed by atoms with E-state index in [2.05, 4.69) is 0 Å². The van der Waals surface area contributed by atoms with E-state index in [4.69, 9.17) is 27.9 Å². The van der Waals surface area contributed by atoms with Crippen molar-refractivity contribution < 1.29 is 17.9 Å². The standard InChI is InChI=1S/C29H22Cl2O4S/c30-24-16-14-22(15-17-24)29(28(18-32)36(33,34)20-23-10-4-6-12-26(23)31)25-11-5-7-13-27(25)35-19-21-8-2-1-3-9-21/h1-18H,19-20H2/b29-28-. The number of halogens is 2. The summed E-state index contributed by atoms with van der Waals surface area (Å²) in [4.78, 5) is 12.1. The number of allylic oxidation sites excluding steroid dienone is 1. The smallest absolute Gasteiger partial charge is 0.186 e. The van der Waals surface area contributed by atoms with Gasteiger partial charge in [0.2, 0.25) is 0 Å². The van der Waals surface area contributed by atoms with Crippen LogP contribution >= 0.6 is 23.2 Å². The summed E-state index contributed by atoms with van der Waals surface area (Å²) in [7, 11) is -4.10. The van der Waals surface area contributed by atoms with Gasteiger partial charge < -0.3 is 4.74 Å². The molecule has 0 aliphatic rings. The van der Waals surface area contributed by atoms with Crippen LogP contribution in [0.1, 0.15) is 22.3 Å². The molecular formula is C29H22Cl2O4S. The normalized spacial score (nSPS) is 12.1. The monoisotopic (exact) mass is 536 g/mol. The number of sulfone groups is 1. The zero-order valence-electron chi connectivity index (χ0n) is 19.1. The number of aldehydes is 1. The maximum atomic E-state index is 13.6. The van der Waals surface area contributed by atoms with Crippen molar-refractivity contribution in [3.63, 3.8) is 0 Å². The van der Waals surface area contributed by atoms with E-state index >= 15 is 0 Å². The number of hydrogen-bond donors (Lipinski definition) is 0. The first-order valence-corrected chi connectivity index (χ1v) is 13.5. The SMILES string of the molecule is O=C/C(=C(\c1ccc(Cl)cc1)c1ccccc1OCc1ccccc1)S(=O)(=O)Cc1ccccc1Cl. The first-order chi connectivity index (χ1) is 17.4. The summed E-state index contributed by atoms with van der Waals surface area (Å²) in [6, 6.07) is 30.0. The lowest BCUT2D eigenvalue weighted by molar-refractivity contribution is -0.104. The third-order valence-corrected chi connectivity index (χ3v) is 7.80. The van der Waals surface area contributed by atoms with Gasteiger partial charge in [-0.05, 0) is 41.0 Å². The molecule has 0 amide bonds. The second kappa shape index (κ2) is 11.6. The first kappa shape index (κ1) is 25.7. The molecule has 4 rings (SSSR count). The summed E-state index contributed by atoms with van der Waals surface area (Å²) in [6.07, 6.45) is 0.379. The van der Waals surface area contributed by atoms with Crippen LogP contribution < -0.4 is 4.74 Å². The van der Waals surface area contributed by atoms with Crippen molar-refractivity contribution in [2.24, 2.45) is 0 Å². The molecule has 7 heteroatoms. The number of ether oxygens (including phenoxy) is 1. The van der Waals surface area contributed by atoms with Gasteiger partial charge in [-0.25, -0.2) is 8.42 Å². The Morgan fingerprint density at radius 3 is 2.11 bits per heavy atom. The van der Waals surface area contributed by atoms with Crippen LogP contribution in [0.3, 0.4) is 0 Å². The molecule has 0 unspecified atom stereocenters. The highest BCUT2D eigenvalue weighted by Gasteiger charge is 2.27. The topological polar surface area (TPSA) is 60.4 Å². The van der Waals surface area contributed by atoms with Crippen molar-refractivity contribution in [1.29, 1.82) is 0 Å². The first-order valence-electron chi connectivity index (χ1n) is 11.1. The van der Waals surface area contributed by atoms with Crippen LogP contribution in [0, 0.1) is 0 Å². The lowest BCUT2D eigenvalue weighted by Crippen LogP contribution is -2.12. The Morgan fingerprint density at radius 1 is 0.778 bits per heavy atom. The van der Waals surface area contributed by atoms with Gasteiger partial charge in [-0.1, -0.05) is 102 Å². The van der Waals surface area contributed by atoms with Crippen molar-refractivity contribution in [2.45, 2.75) is 12.4 Å². The number of carbonyl (C=O) groups is 1. The molecule has 0 spiro atoms. The maximum Gasteiger partial charge on any atom is 0.186 e. The van der Waals surface area contributed by atoms with E-state index in [-0.39, 0.29) is 17.1 Å². The number of carbonyl (C=O) groups excluding carboxylic acids is 1. The van der Waals surface area contributed by atoms with Gasteiger partial charge in [0, 0.05) is 21.2 Å². The summed E-state index contributed by atoms with van der Waals surface area (Å²) in [5.74, 6) is 0.0174. The summed E-state index contributed by atoms with van der Waals surface area (Å²) < 4.78 is 33.3. The van der Waals surface area contributed by atoms with Gasteiger partial charge in [-0.15, -0.1) is 0 Å². The van der Waals surface area contributed by atoms with Crippen LogP contribution in [-0.2, 0) is 27.0 Å². The molecule has 0 N–H and O–H groups in total. The molecule has 0 heterocycles.